The second kappa shape index (κ2) is 11.7. The normalized spacial score (nSPS) is 26.9. The molecule has 0 aromatic carbocycles. The third kappa shape index (κ3) is 7.54. The number of hydrogen-bond donors (Lipinski definition) is 2. The highest BCUT2D eigenvalue weighted by molar-refractivity contribution is 5.98. The highest BCUT2D eigenvalue weighted by Gasteiger charge is 2.44. The van der Waals surface area contributed by atoms with Gasteiger partial charge in [-0.25, -0.2) is 9.59 Å². The summed E-state index contributed by atoms with van der Waals surface area (Å²) in [5, 5.41) is 2.77. The van der Waals surface area contributed by atoms with Crippen molar-refractivity contribution in [1.82, 2.24) is 10.2 Å². The van der Waals surface area contributed by atoms with E-state index in [2.05, 4.69) is 10.1 Å². The number of hydrogen-bond acceptors (Lipinski definition) is 8. The van der Waals surface area contributed by atoms with Gasteiger partial charge in [-0.3, -0.25) is 9.69 Å². The number of carbonyl (C=O) groups excluding carboxylic acids is 3. The molecule has 1 saturated heterocycles. The molecular formula is C20H30F3N3O6. The molecule has 0 spiro atoms. The largest absolute Gasteiger partial charge is 0.491 e. The van der Waals surface area contributed by atoms with E-state index >= 15 is 0 Å². The lowest BCUT2D eigenvalue weighted by Crippen LogP contribution is -2.62. The Bertz CT molecular complexity index is 715. The predicted octanol–water partition coefficient (Wildman–Crippen LogP) is 0.667. The first-order chi connectivity index (χ1) is 15.0. The first-order valence-corrected chi connectivity index (χ1v) is 10.5. The van der Waals surface area contributed by atoms with E-state index in [-0.39, 0.29) is 24.0 Å². The molecule has 3 N–H and O–H groups in total. The number of amides is 1. The number of piperidine rings is 1. The van der Waals surface area contributed by atoms with Crippen molar-refractivity contribution in [3.8, 4) is 0 Å². The van der Waals surface area contributed by atoms with E-state index in [1.54, 1.807) is 0 Å². The average Bonchev–Trinajstić information content (AvgIpc) is 2.71. The fourth-order valence-electron chi connectivity index (χ4n) is 3.92. The standard InChI is InChI=1S/C20H30F3N3O6/c1-3-30-7-8-31-14-5-4-6-26(11-14)16-10-13(9-15(24)17(16)25-12(2)27)18(28)32-19(29)20(21,22)23/h10,14-17H,3-9,11,24H2,1-2H3,(H,25,27)/t14-,15-,16+,17-/m0/s1. The Morgan fingerprint density at radius 2 is 2.00 bits per heavy atom. The summed E-state index contributed by atoms with van der Waals surface area (Å²) < 4.78 is 52.5. The molecule has 12 heteroatoms. The molecule has 4 atom stereocenters. The predicted molar refractivity (Wildman–Crippen MR) is 106 cm³/mol. The van der Waals surface area contributed by atoms with Crippen LogP contribution in [0.2, 0.25) is 0 Å². The number of nitrogens with one attached hydrogen (secondary N) is 1. The zero-order chi connectivity index (χ0) is 23.9. The van der Waals surface area contributed by atoms with E-state index in [4.69, 9.17) is 15.2 Å². The van der Waals surface area contributed by atoms with Crippen LogP contribution in [0, 0.1) is 0 Å². The number of carbonyl (C=O) groups is 3. The van der Waals surface area contributed by atoms with Crippen molar-refractivity contribution >= 4 is 17.8 Å². The topological polar surface area (TPSA) is 120 Å². The minimum Gasteiger partial charge on any atom is -0.383 e. The maximum Gasteiger partial charge on any atom is 0.491 e. The third-order valence-electron chi connectivity index (χ3n) is 5.32. The lowest BCUT2D eigenvalue weighted by atomic mass is 9.85. The Morgan fingerprint density at radius 1 is 1.28 bits per heavy atom. The highest BCUT2D eigenvalue weighted by atomic mass is 19.4. The Balaban J connectivity index is 2.17. The van der Waals surface area contributed by atoms with Crippen molar-refractivity contribution in [3.63, 3.8) is 0 Å². The molecule has 2 aliphatic rings. The van der Waals surface area contributed by atoms with Gasteiger partial charge in [0.2, 0.25) is 5.91 Å². The van der Waals surface area contributed by atoms with Crippen molar-refractivity contribution in [2.24, 2.45) is 5.73 Å². The zero-order valence-corrected chi connectivity index (χ0v) is 18.2. The van der Waals surface area contributed by atoms with Crippen LogP contribution in [0.25, 0.3) is 0 Å². The molecular weight excluding hydrogens is 435 g/mol. The van der Waals surface area contributed by atoms with E-state index in [1.165, 1.54) is 13.0 Å². The molecule has 2 rings (SSSR count). The van der Waals surface area contributed by atoms with Crippen LogP contribution in [0.1, 0.15) is 33.1 Å². The van der Waals surface area contributed by atoms with Crippen molar-refractivity contribution in [1.29, 1.82) is 0 Å². The van der Waals surface area contributed by atoms with Crippen LogP contribution < -0.4 is 11.1 Å². The number of nitrogens with two attached hydrogens (primary N) is 1. The summed E-state index contributed by atoms with van der Waals surface area (Å²) in [6.45, 7) is 5.75. The minimum atomic E-state index is -5.29. The monoisotopic (exact) mass is 465 g/mol. The number of likely N-dealkylation sites (tertiary alicyclic amines) is 1. The van der Waals surface area contributed by atoms with Gasteiger partial charge in [0, 0.05) is 31.7 Å². The van der Waals surface area contributed by atoms with Gasteiger partial charge in [-0.05, 0) is 32.7 Å². The lowest BCUT2D eigenvalue weighted by Gasteiger charge is -2.44. The van der Waals surface area contributed by atoms with Crippen molar-refractivity contribution in [2.75, 3.05) is 32.9 Å². The summed E-state index contributed by atoms with van der Waals surface area (Å²) in [7, 11) is 0. The number of rotatable bonds is 8. The van der Waals surface area contributed by atoms with Crippen molar-refractivity contribution in [3.05, 3.63) is 11.6 Å². The van der Waals surface area contributed by atoms with Gasteiger partial charge in [-0.15, -0.1) is 0 Å². The molecule has 1 aliphatic carbocycles. The molecule has 32 heavy (non-hydrogen) atoms. The summed E-state index contributed by atoms with van der Waals surface area (Å²) in [6.07, 6.45) is -2.53. The fraction of sp³-hybridized carbons (Fsp3) is 0.750. The maximum atomic E-state index is 12.5. The fourth-order valence-corrected chi connectivity index (χ4v) is 3.92. The summed E-state index contributed by atoms with van der Waals surface area (Å²) in [4.78, 5) is 37.0. The highest BCUT2D eigenvalue weighted by Crippen LogP contribution is 2.27. The molecule has 0 unspecified atom stereocenters. The van der Waals surface area contributed by atoms with Gasteiger partial charge in [-0.1, -0.05) is 6.08 Å². The summed E-state index contributed by atoms with van der Waals surface area (Å²) in [5.41, 5.74) is 6.03. The lowest BCUT2D eigenvalue weighted by molar-refractivity contribution is -0.200. The second-order valence-corrected chi connectivity index (χ2v) is 7.78. The van der Waals surface area contributed by atoms with Crippen LogP contribution in [0.15, 0.2) is 11.6 Å². The molecule has 0 aromatic heterocycles. The molecule has 1 fully saturated rings. The molecule has 1 amide bonds. The van der Waals surface area contributed by atoms with Crippen LogP contribution in [-0.2, 0) is 28.6 Å². The van der Waals surface area contributed by atoms with Gasteiger partial charge < -0.3 is 25.3 Å². The molecule has 0 bridgehead atoms. The number of alkyl halides is 3. The number of nitrogens with zero attached hydrogens (tertiary/aromatic N) is 1. The Kier molecular flexibility index (Phi) is 9.62. The van der Waals surface area contributed by atoms with Crippen LogP contribution in [0.5, 0.6) is 0 Å². The summed E-state index contributed by atoms with van der Waals surface area (Å²) in [5.74, 6) is -4.31. The molecule has 9 nitrogen and oxygen atoms in total. The third-order valence-corrected chi connectivity index (χ3v) is 5.32. The van der Waals surface area contributed by atoms with Crippen LogP contribution >= 0.6 is 0 Å². The summed E-state index contributed by atoms with van der Waals surface area (Å²) in [6, 6.07) is -1.93. The molecule has 1 aliphatic heterocycles. The quantitative estimate of drug-likeness (QED) is 0.305. The SMILES string of the molecule is CCOCCO[C@H]1CCCN([C@@H]2C=C(C(=O)OC(=O)C(F)(F)F)C[C@H](N)[C@@H]2NC(C)=O)C1. The average molecular weight is 465 g/mol. The van der Waals surface area contributed by atoms with E-state index in [0.29, 0.717) is 32.9 Å². The number of esters is 2. The van der Waals surface area contributed by atoms with E-state index in [9.17, 15) is 27.6 Å². The first kappa shape index (κ1) is 26.2. The van der Waals surface area contributed by atoms with Gasteiger partial charge in [0.05, 0.1) is 31.4 Å². The number of ether oxygens (including phenoxy) is 3. The molecule has 0 aromatic rings. The van der Waals surface area contributed by atoms with Gasteiger partial charge in [-0.2, -0.15) is 13.2 Å². The minimum absolute atomic E-state index is 0.115. The zero-order valence-electron chi connectivity index (χ0n) is 18.2. The van der Waals surface area contributed by atoms with Gasteiger partial charge in [0.15, 0.2) is 0 Å². The van der Waals surface area contributed by atoms with E-state index in [1.807, 2.05) is 11.8 Å². The van der Waals surface area contributed by atoms with Gasteiger partial charge >= 0.3 is 18.1 Å². The van der Waals surface area contributed by atoms with Crippen LogP contribution in [0.4, 0.5) is 13.2 Å². The molecule has 0 saturated carbocycles. The Hall–Kier alpha value is -2.02. The van der Waals surface area contributed by atoms with Crippen molar-refractivity contribution in [2.45, 2.75) is 63.5 Å². The molecule has 182 valence electrons. The Labute approximate surface area is 184 Å². The van der Waals surface area contributed by atoms with E-state index in [0.717, 1.165) is 12.8 Å². The molecule has 1 heterocycles. The first-order valence-electron chi connectivity index (χ1n) is 10.5. The number of halogens is 3. The van der Waals surface area contributed by atoms with Crippen LogP contribution in [0.3, 0.4) is 0 Å². The second-order valence-electron chi connectivity index (χ2n) is 7.78. The van der Waals surface area contributed by atoms with Crippen LogP contribution in [-0.4, -0.2) is 86.1 Å². The Morgan fingerprint density at radius 3 is 2.62 bits per heavy atom. The molecule has 0 radical (unpaired) electrons. The van der Waals surface area contributed by atoms with Crippen molar-refractivity contribution < 1.29 is 41.8 Å². The van der Waals surface area contributed by atoms with Gasteiger partial charge in [0.1, 0.15) is 0 Å². The van der Waals surface area contributed by atoms with E-state index < -0.39 is 36.2 Å². The summed E-state index contributed by atoms with van der Waals surface area (Å²) >= 11 is 0. The van der Waals surface area contributed by atoms with Gasteiger partial charge in [0.25, 0.3) is 0 Å². The maximum absolute atomic E-state index is 12.5. The smallest absolute Gasteiger partial charge is 0.383 e.